The molecule has 2 aliphatic rings. The quantitative estimate of drug-likeness (QED) is 0.662. The fourth-order valence-electron chi connectivity index (χ4n) is 2.82. The highest BCUT2D eigenvalue weighted by molar-refractivity contribution is 7.89. The molecular formula is C13H24N2O4S2. The van der Waals surface area contributed by atoms with Crippen molar-refractivity contribution >= 4 is 20.0 Å². The van der Waals surface area contributed by atoms with Crippen LogP contribution in [0.3, 0.4) is 0 Å². The van der Waals surface area contributed by atoms with Gasteiger partial charge in [0, 0.05) is 32.6 Å². The number of hydrogen-bond acceptors (Lipinski definition) is 4. The Balaban J connectivity index is 1.83. The molecular weight excluding hydrogens is 312 g/mol. The van der Waals surface area contributed by atoms with E-state index in [1.54, 1.807) is 7.05 Å². The predicted octanol–water partition coefficient (Wildman–Crippen LogP) is 0.496. The van der Waals surface area contributed by atoms with Crippen LogP contribution in [0.5, 0.6) is 0 Å². The average Bonchev–Trinajstić information content (AvgIpc) is 2.33. The van der Waals surface area contributed by atoms with E-state index < -0.39 is 20.0 Å². The largest absolute Gasteiger partial charge is 0.214 e. The lowest BCUT2D eigenvalue weighted by Crippen LogP contribution is -2.53. The van der Waals surface area contributed by atoms with Gasteiger partial charge < -0.3 is 0 Å². The molecule has 1 aliphatic heterocycles. The molecule has 1 fully saturated rings. The van der Waals surface area contributed by atoms with Crippen LogP contribution in [0.25, 0.3) is 0 Å². The van der Waals surface area contributed by atoms with Crippen molar-refractivity contribution in [3.8, 4) is 0 Å². The van der Waals surface area contributed by atoms with Gasteiger partial charge >= 0.3 is 0 Å². The van der Waals surface area contributed by atoms with E-state index in [0.29, 0.717) is 25.6 Å². The molecule has 0 spiro atoms. The van der Waals surface area contributed by atoms with Crippen LogP contribution >= 0.6 is 0 Å². The Labute approximate surface area is 127 Å². The van der Waals surface area contributed by atoms with Crippen LogP contribution < -0.4 is 0 Å². The third-order valence-electron chi connectivity index (χ3n) is 4.21. The summed E-state index contributed by atoms with van der Waals surface area (Å²) >= 11 is 0. The van der Waals surface area contributed by atoms with Crippen LogP contribution in [-0.2, 0) is 20.0 Å². The Morgan fingerprint density at radius 2 is 1.81 bits per heavy atom. The summed E-state index contributed by atoms with van der Waals surface area (Å²) in [5, 5.41) is 0. The van der Waals surface area contributed by atoms with Crippen molar-refractivity contribution in [1.29, 1.82) is 0 Å². The number of nitrogens with zero attached hydrogens (tertiary/aromatic N) is 2. The molecule has 21 heavy (non-hydrogen) atoms. The third kappa shape index (κ3) is 4.51. The fourth-order valence-corrected chi connectivity index (χ4v) is 5.29. The Kier molecular flexibility index (Phi) is 5.12. The average molecular weight is 336 g/mol. The first-order valence-corrected chi connectivity index (χ1v) is 10.7. The van der Waals surface area contributed by atoms with Gasteiger partial charge in [0.15, 0.2) is 0 Å². The highest BCUT2D eigenvalue weighted by atomic mass is 32.2. The van der Waals surface area contributed by atoms with Crippen molar-refractivity contribution in [2.75, 3.05) is 38.7 Å². The topological polar surface area (TPSA) is 74.8 Å². The second-order valence-electron chi connectivity index (χ2n) is 6.16. The summed E-state index contributed by atoms with van der Waals surface area (Å²) in [7, 11) is -4.86. The minimum Gasteiger partial charge on any atom is -0.213 e. The van der Waals surface area contributed by atoms with Crippen LogP contribution in [0.4, 0.5) is 0 Å². The van der Waals surface area contributed by atoms with Crippen molar-refractivity contribution < 1.29 is 16.8 Å². The molecule has 0 aromatic carbocycles. The predicted molar refractivity (Wildman–Crippen MR) is 82.8 cm³/mol. The van der Waals surface area contributed by atoms with Gasteiger partial charge in [0.25, 0.3) is 0 Å². The zero-order chi connectivity index (χ0) is 15.7. The van der Waals surface area contributed by atoms with Crippen molar-refractivity contribution in [1.82, 2.24) is 8.61 Å². The van der Waals surface area contributed by atoms with Gasteiger partial charge in [0.05, 0.1) is 12.0 Å². The van der Waals surface area contributed by atoms with E-state index in [1.165, 1.54) is 8.61 Å². The molecule has 0 amide bonds. The number of sulfonamides is 2. The Morgan fingerprint density at radius 1 is 1.14 bits per heavy atom. The molecule has 0 aromatic rings. The molecule has 6 nitrogen and oxygen atoms in total. The summed E-state index contributed by atoms with van der Waals surface area (Å²) in [6.45, 7) is 1.19. The molecule has 0 radical (unpaired) electrons. The highest BCUT2D eigenvalue weighted by Crippen LogP contribution is 2.23. The van der Waals surface area contributed by atoms with E-state index in [-0.39, 0.29) is 11.7 Å². The second-order valence-corrected chi connectivity index (χ2v) is 10.3. The fraction of sp³-hybridized carbons (Fsp3) is 0.846. The maximum Gasteiger partial charge on any atom is 0.214 e. The van der Waals surface area contributed by atoms with E-state index in [4.69, 9.17) is 0 Å². The summed E-state index contributed by atoms with van der Waals surface area (Å²) in [6.07, 6.45) is 8.39. The molecule has 0 unspecified atom stereocenters. The van der Waals surface area contributed by atoms with Crippen LogP contribution in [0, 0.1) is 11.8 Å². The van der Waals surface area contributed by atoms with Gasteiger partial charge in [-0.25, -0.2) is 25.4 Å². The minimum absolute atomic E-state index is 0.0398. The molecule has 0 saturated carbocycles. The van der Waals surface area contributed by atoms with Crippen molar-refractivity contribution in [2.45, 2.75) is 19.3 Å². The third-order valence-corrected chi connectivity index (χ3v) is 7.43. The Bertz CT molecular complexity index is 592. The van der Waals surface area contributed by atoms with E-state index >= 15 is 0 Å². The zero-order valence-corrected chi connectivity index (χ0v) is 14.2. The summed E-state index contributed by atoms with van der Waals surface area (Å²) in [4.78, 5) is 0. The molecule has 1 heterocycles. The van der Waals surface area contributed by atoms with Crippen molar-refractivity contribution in [2.24, 2.45) is 11.8 Å². The highest BCUT2D eigenvalue weighted by Gasteiger charge is 2.37. The summed E-state index contributed by atoms with van der Waals surface area (Å²) < 4.78 is 49.9. The van der Waals surface area contributed by atoms with Crippen LogP contribution in [0.2, 0.25) is 0 Å². The second kappa shape index (κ2) is 6.36. The zero-order valence-electron chi connectivity index (χ0n) is 12.6. The SMILES string of the molecule is CN(C[C@@H]1CC=CCC1)S(=O)(=O)CC1CN(S(C)(=O)=O)C1. The smallest absolute Gasteiger partial charge is 0.213 e. The molecule has 1 atom stereocenters. The van der Waals surface area contributed by atoms with E-state index in [1.807, 2.05) is 0 Å². The first-order valence-electron chi connectivity index (χ1n) is 7.22. The monoisotopic (exact) mass is 336 g/mol. The molecule has 1 aliphatic carbocycles. The summed E-state index contributed by atoms with van der Waals surface area (Å²) in [6, 6.07) is 0. The van der Waals surface area contributed by atoms with Gasteiger partial charge in [-0.05, 0) is 25.2 Å². The van der Waals surface area contributed by atoms with Crippen LogP contribution in [0.15, 0.2) is 12.2 Å². The normalized spacial score (nSPS) is 25.2. The molecule has 122 valence electrons. The number of rotatable bonds is 6. The summed E-state index contributed by atoms with van der Waals surface area (Å²) in [5.74, 6) is 0.347. The van der Waals surface area contributed by atoms with Gasteiger partial charge in [0.2, 0.25) is 20.0 Å². The molecule has 0 N–H and O–H groups in total. The van der Waals surface area contributed by atoms with Crippen LogP contribution in [0.1, 0.15) is 19.3 Å². The lowest BCUT2D eigenvalue weighted by Gasteiger charge is -2.37. The first kappa shape index (κ1) is 16.9. The van der Waals surface area contributed by atoms with E-state index in [2.05, 4.69) is 12.2 Å². The van der Waals surface area contributed by atoms with Crippen LogP contribution in [-0.4, -0.2) is 64.1 Å². The molecule has 0 bridgehead atoms. The van der Waals surface area contributed by atoms with Crippen molar-refractivity contribution in [3.63, 3.8) is 0 Å². The van der Waals surface area contributed by atoms with E-state index in [0.717, 1.165) is 25.5 Å². The number of hydrogen-bond donors (Lipinski definition) is 0. The van der Waals surface area contributed by atoms with Gasteiger partial charge in [-0.2, -0.15) is 0 Å². The molecule has 8 heteroatoms. The Morgan fingerprint density at radius 3 is 2.33 bits per heavy atom. The van der Waals surface area contributed by atoms with Gasteiger partial charge in [0.1, 0.15) is 0 Å². The Hall–Kier alpha value is -0.440. The number of allylic oxidation sites excluding steroid dienone is 2. The molecule has 2 rings (SSSR count). The standard InChI is InChI=1S/C13H24N2O4S2/c1-14(8-12-6-4-3-5-7-12)21(18,19)11-13-9-15(10-13)20(2,16)17/h3-4,12-13H,5-11H2,1-2H3/t12-/m1/s1. The lowest BCUT2D eigenvalue weighted by molar-refractivity contribution is 0.219. The van der Waals surface area contributed by atoms with Gasteiger partial charge in [-0.15, -0.1) is 0 Å². The first-order chi connectivity index (χ1) is 9.68. The van der Waals surface area contributed by atoms with E-state index in [9.17, 15) is 16.8 Å². The lowest BCUT2D eigenvalue weighted by atomic mass is 9.95. The van der Waals surface area contributed by atoms with Gasteiger partial charge in [-0.1, -0.05) is 12.2 Å². The maximum absolute atomic E-state index is 12.3. The molecule has 1 saturated heterocycles. The maximum atomic E-state index is 12.3. The van der Waals surface area contributed by atoms with Gasteiger partial charge in [-0.3, -0.25) is 0 Å². The van der Waals surface area contributed by atoms with Crippen molar-refractivity contribution in [3.05, 3.63) is 12.2 Å². The summed E-state index contributed by atoms with van der Waals surface area (Å²) in [5.41, 5.74) is 0. The minimum atomic E-state index is -3.30. The molecule has 0 aromatic heterocycles.